The molecule has 1 aromatic carbocycles. The summed E-state index contributed by atoms with van der Waals surface area (Å²) in [6.45, 7) is 4.20. The van der Waals surface area contributed by atoms with Crippen molar-refractivity contribution in [3.05, 3.63) is 28.2 Å². The lowest BCUT2D eigenvalue weighted by Gasteiger charge is -2.22. The van der Waals surface area contributed by atoms with Crippen LogP contribution in [0.2, 0.25) is 0 Å². The van der Waals surface area contributed by atoms with Gasteiger partial charge in [-0.05, 0) is 47.2 Å². The lowest BCUT2D eigenvalue weighted by molar-refractivity contribution is 0.489. The largest absolute Gasteiger partial charge is 0.379 e. The SMILES string of the molecule is CC(Nc1c(F)cc(F)cc1Br)C1(C)CC1. The van der Waals surface area contributed by atoms with Crippen molar-refractivity contribution in [3.63, 3.8) is 0 Å². The Morgan fingerprint density at radius 1 is 1.38 bits per heavy atom. The second kappa shape index (κ2) is 3.99. The van der Waals surface area contributed by atoms with Gasteiger partial charge in [-0.25, -0.2) is 8.78 Å². The minimum atomic E-state index is -0.569. The molecule has 0 aromatic heterocycles. The third-order valence-corrected chi connectivity index (χ3v) is 4.08. The van der Waals surface area contributed by atoms with Crippen LogP contribution in [-0.2, 0) is 0 Å². The molecule has 1 nitrogen and oxygen atoms in total. The van der Waals surface area contributed by atoms with Gasteiger partial charge in [-0.3, -0.25) is 0 Å². The maximum absolute atomic E-state index is 13.5. The van der Waals surface area contributed by atoms with Gasteiger partial charge in [-0.2, -0.15) is 0 Å². The first-order chi connectivity index (χ1) is 7.42. The number of halogens is 3. The molecule has 16 heavy (non-hydrogen) atoms. The second-order valence-corrected chi connectivity index (χ2v) is 5.62. The molecule has 0 saturated heterocycles. The number of hydrogen-bond donors (Lipinski definition) is 1. The predicted octanol–water partition coefficient (Wildman–Crippen LogP) is 4.33. The minimum absolute atomic E-state index is 0.184. The van der Waals surface area contributed by atoms with Gasteiger partial charge in [0.15, 0.2) is 0 Å². The van der Waals surface area contributed by atoms with E-state index < -0.39 is 11.6 Å². The summed E-state index contributed by atoms with van der Waals surface area (Å²) in [5, 5.41) is 3.12. The van der Waals surface area contributed by atoms with Crippen LogP contribution in [0.4, 0.5) is 14.5 Å². The normalized spacial score (nSPS) is 19.3. The topological polar surface area (TPSA) is 12.0 Å². The van der Waals surface area contributed by atoms with E-state index in [1.54, 1.807) is 0 Å². The quantitative estimate of drug-likeness (QED) is 0.873. The number of anilines is 1. The first kappa shape index (κ1) is 11.8. The molecule has 0 aliphatic heterocycles. The Labute approximate surface area is 102 Å². The van der Waals surface area contributed by atoms with Crippen molar-refractivity contribution in [1.82, 2.24) is 0 Å². The van der Waals surface area contributed by atoms with Crippen molar-refractivity contribution in [2.75, 3.05) is 5.32 Å². The highest BCUT2D eigenvalue weighted by molar-refractivity contribution is 9.10. The van der Waals surface area contributed by atoms with Gasteiger partial charge in [0, 0.05) is 16.6 Å². The summed E-state index contributed by atoms with van der Waals surface area (Å²) in [7, 11) is 0. The van der Waals surface area contributed by atoms with Gasteiger partial charge >= 0.3 is 0 Å². The van der Waals surface area contributed by atoms with E-state index >= 15 is 0 Å². The van der Waals surface area contributed by atoms with Gasteiger partial charge < -0.3 is 5.32 Å². The fourth-order valence-electron chi connectivity index (χ4n) is 1.70. The molecule has 1 unspecified atom stereocenters. The van der Waals surface area contributed by atoms with Crippen molar-refractivity contribution in [2.45, 2.75) is 32.7 Å². The fraction of sp³-hybridized carbons (Fsp3) is 0.500. The molecule has 88 valence electrons. The molecule has 0 radical (unpaired) electrons. The third-order valence-electron chi connectivity index (χ3n) is 3.45. The minimum Gasteiger partial charge on any atom is -0.379 e. The van der Waals surface area contributed by atoms with Crippen LogP contribution in [0.25, 0.3) is 0 Å². The molecule has 1 atom stereocenters. The average Bonchev–Trinajstić information content (AvgIpc) is 2.91. The highest BCUT2D eigenvalue weighted by atomic mass is 79.9. The third kappa shape index (κ3) is 2.21. The Morgan fingerprint density at radius 2 is 2.00 bits per heavy atom. The summed E-state index contributed by atoms with van der Waals surface area (Å²) in [6.07, 6.45) is 2.31. The molecule has 0 bridgehead atoms. The van der Waals surface area contributed by atoms with E-state index in [4.69, 9.17) is 0 Å². The second-order valence-electron chi connectivity index (χ2n) is 4.76. The molecule has 1 aliphatic carbocycles. The van der Waals surface area contributed by atoms with Crippen LogP contribution in [0.5, 0.6) is 0 Å². The molecule has 0 heterocycles. The maximum Gasteiger partial charge on any atom is 0.150 e. The van der Waals surface area contributed by atoms with Gasteiger partial charge in [0.05, 0.1) is 5.69 Å². The number of nitrogens with one attached hydrogen (secondary N) is 1. The number of hydrogen-bond acceptors (Lipinski definition) is 1. The first-order valence-electron chi connectivity index (χ1n) is 5.33. The smallest absolute Gasteiger partial charge is 0.150 e. The van der Waals surface area contributed by atoms with Crippen LogP contribution in [0.3, 0.4) is 0 Å². The molecule has 2 rings (SSSR count). The summed E-state index contributed by atoms with van der Waals surface area (Å²) in [4.78, 5) is 0. The van der Waals surface area contributed by atoms with Crippen LogP contribution < -0.4 is 5.32 Å². The lowest BCUT2D eigenvalue weighted by Crippen LogP contribution is -2.25. The van der Waals surface area contributed by atoms with Crippen molar-refractivity contribution in [1.29, 1.82) is 0 Å². The van der Waals surface area contributed by atoms with E-state index in [9.17, 15) is 8.78 Å². The molecule has 1 fully saturated rings. The highest BCUT2D eigenvalue weighted by Crippen LogP contribution is 2.49. The van der Waals surface area contributed by atoms with Crippen LogP contribution in [-0.4, -0.2) is 6.04 Å². The first-order valence-corrected chi connectivity index (χ1v) is 6.13. The predicted molar refractivity (Wildman–Crippen MR) is 64.5 cm³/mol. The van der Waals surface area contributed by atoms with Gasteiger partial charge in [-0.1, -0.05) is 6.92 Å². The molecular formula is C12H14BrF2N. The molecule has 1 aromatic rings. The molecular weight excluding hydrogens is 276 g/mol. The zero-order chi connectivity index (χ0) is 11.9. The standard InChI is InChI=1S/C12H14BrF2N/c1-7(12(2)3-4-12)16-11-9(13)5-8(14)6-10(11)15/h5-7,16H,3-4H2,1-2H3. The number of rotatable bonds is 3. The Bertz CT molecular complexity index is 392. The number of benzene rings is 1. The molecule has 1 aliphatic rings. The van der Waals surface area contributed by atoms with E-state index in [-0.39, 0.29) is 11.5 Å². The molecule has 0 amide bonds. The Morgan fingerprint density at radius 3 is 2.50 bits per heavy atom. The lowest BCUT2D eigenvalue weighted by atomic mass is 10.0. The maximum atomic E-state index is 13.5. The van der Waals surface area contributed by atoms with E-state index in [2.05, 4.69) is 28.2 Å². The molecule has 4 heteroatoms. The van der Waals surface area contributed by atoms with E-state index in [0.717, 1.165) is 18.9 Å². The van der Waals surface area contributed by atoms with Crippen LogP contribution >= 0.6 is 15.9 Å². The van der Waals surface area contributed by atoms with Gasteiger partial charge in [0.2, 0.25) is 0 Å². The van der Waals surface area contributed by atoms with Gasteiger partial charge in [-0.15, -0.1) is 0 Å². The molecule has 0 spiro atoms. The zero-order valence-corrected chi connectivity index (χ0v) is 10.9. The summed E-state index contributed by atoms with van der Waals surface area (Å²) < 4.78 is 26.9. The summed E-state index contributed by atoms with van der Waals surface area (Å²) >= 11 is 3.17. The van der Waals surface area contributed by atoms with Crippen LogP contribution in [0, 0.1) is 17.0 Å². The Hall–Kier alpha value is -0.640. The monoisotopic (exact) mass is 289 g/mol. The summed E-state index contributed by atoms with van der Waals surface area (Å²) in [5.74, 6) is -1.12. The van der Waals surface area contributed by atoms with Crippen molar-refractivity contribution >= 4 is 21.6 Å². The summed E-state index contributed by atoms with van der Waals surface area (Å²) in [5.41, 5.74) is 0.599. The highest BCUT2D eigenvalue weighted by Gasteiger charge is 2.42. The Kier molecular flexibility index (Phi) is 2.95. The molecule has 1 saturated carbocycles. The Balaban J connectivity index is 2.21. The van der Waals surface area contributed by atoms with E-state index in [0.29, 0.717) is 10.2 Å². The van der Waals surface area contributed by atoms with E-state index in [1.165, 1.54) is 6.07 Å². The fourth-order valence-corrected chi connectivity index (χ4v) is 2.22. The average molecular weight is 290 g/mol. The van der Waals surface area contributed by atoms with Crippen molar-refractivity contribution in [3.8, 4) is 0 Å². The van der Waals surface area contributed by atoms with Gasteiger partial charge in [0.1, 0.15) is 11.6 Å². The van der Waals surface area contributed by atoms with Gasteiger partial charge in [0.25, 0.3) is 0 Å². The molecule has 1 N–H and O–H groups in total. The zero-order valence-electron chi connectivity index (χ0n) is 9.28. The summed E-state index contributed by atoms with van der Waals surface area (Å²) in [6, 6.07) is 2.35. The van der Waals surface area contributed by atoms with E-state index in [1.807, 2.05) is 6.92 Å². The van der Waals surface area contributed by atoms with Crippen molar-refractivity contribution in [2.24, 2.45) is 5.41 Å². The van der Waals surface area contributed by atoms with Crippen molar-refractivity contribution < 1.29 is 8.78 Å². The van der Waals surface area contributed by atoms with Crippen LogP contribution in [0.15, 0.2) is 16.6 Å². The van der Waals surface area contributed by atoms with Crippen LogP contribution in [0.1, 0.15) is 26.7 Å².